The molecule has 4 heterocycles. The van der Waals surface area contributed by atoms with Crippen molar-refractivity contribution in [3.63, 3.8) is 0 Å². The summed E-state index contributed by atoms with van der Waals surface area (Å²) < 4.78 is 7.16. The van der Waals surface area contributed by atoms with E-state index in [0.717, 1.165) is 46.5 Å². The molecule has 0 aliphatic carbocycles. The molecule has 5 rings (SSSR count). The molecule has 1 N–H and O–H groups in total. The number of aromatic nitrogens is 5. The van der Waals surface area contributed by atoms with E-state index in [2.05, 4.69) is 29.8 Å². The van der Waals surface area contributed by atoms with Crippen molar-refractivity contribution >= 4 is 34.0 Å². The van der Waals surface area contributed by atoms with Crippen LogP contribution >= 0.6 is 11.9 Å². The zero-order valence-corrected chi connectivity index (χ0v) is 12.9. The highest BCUT2D eigenvalue weighted by atomic mass is 32.2. The average Bonchev–Trinajstić information content (AvgIpc) is 3.24. The van der Waals surface area contributed by atoms with Crippen LogP contribution in [0, 0.1) is 0 Å². The molecule has 0 saturated carbocycles. The van der Waals surface area contributed by atoms with Gasteiger partial charge in [0, 0.05) is 24.7 Å². The third-order valence-corrected chi connectivity index (χ3v) is 5.21. The molecule has 4 aromatic rings. The van der Waals surface area contributed by atoms with E-state index in [1.807, 2.05) is 30.6 Å². The maximum Gasteiger partial charge on any atom is 0.155 e. The normalized spacial score (nSPS) is 15.3. The molecule has 7 nitrogen and oxygen atoms in total. The van der Waals surface area contributed by atoms with Gasteiger partial charge in [-0.25, -0.2) is 13.9 Å². The molecule has 1 aliphatic heterocycles. The van der Waals surface area contributed by atoms with Crippen LogP contribution in [0.3, 0.4) is 0 Å². The number of aromatic amines is 1. The average molecular weight is 324 g/mol. The molecule has 114 valence electrons. The van der Waals surface area contributed by atoms with Gasteiger partial charge in [0.05, 0.1) is 11.1 Å². The number of fused-ring (bicyclic) bond motifs is 4. The number of nitrogens with one attached hydrogen (secondary N) is 1. The maximum absolute atomic E-state index is 4.84. The summed E-state index contributed by atoms with van der Waals surface area (Å²) in [7, 11) is 0. The van der Waals surface area contributed by atoms with Gasteiger partial charge in [0.2, 0.25) is 0 Å². The first kappa shape index (κ1) is 13.0. The summed E-state index contributed by atoms with van der Waals surface area (Å²) in [6.07, 6.45) is 4.79. The van der Waals surface area contributed by atoms with Gasteiger partial charge in [0.1, 0.15) is 11.0 Å². The van der Waals surface area contributed by atoms with Crippen molar-refractivity contribution in [2.24, 2.45) is 0 Å². The molecule has 1 aromatic carbocycles. The first-order valence-electron chi connectivity index (χ1n) is 7.32. The Kier molecular flexibility index (Phi) is 2.85. The fourth-order valence-electron chi connectivity index (χ4n) is 3.00. The Morgan fingerprint density at radius 2 is 2.22 bits per heavy atom. The predicted octanol–water partition coefficient (Wildman–Crippen LogP) is 2.56. The molecular formula is C15H12N6OS. The van der Waals surface area contributed by atoms with E-state index in [1.54, 1.807) is 11.9 Å². The van der Waals surface area contributed by atoms with Gasteiger partial charge in [0.15, 0.2) is 5.65 Å². The predicted molar refractivity (Wildman–Crippen MR) is 85.7 cm³/mol. The zero-order valence-electron chi connectivity index (χ0n) is 12.1. The fraction of sp³-hybridized carbons (Fsp3) is 0.200. The summed E-state index contributed by atoms with van der Waals surface area (Å²) >= 11 is 1.69. The quantitative estimate of drug-likeness (QED) is 0.567. The number of H-pyrrole nitrogens is 1. The van der Waals surface area contributed by atoms with Gasteiger partial charge in [-0.15, -0.1) is 0 Å². The van der Waals surface area contributed by atoms with Gasteiger partial charge < -0.3 is 0 Å². The van der Waals surface area contributed by atoms with Crippen LogP contribution in [-0.4, -0.2) is 36.3 Å². The van der Waals surface area contributed by atoms with Gasteiger partial charge in [-0.3, -0.25) is 5.10 Å². The molecule has 0 unspecified atom stereocenters. The van der Waals surface area contributed by atoms with Crippen LogP contribution in [0.2, 0.25) is 0 Å². The molecular weight excluding hydrogens is 312 g/mol. The van der Waals surface area contributed by atoms with E-state index in [9.17, 15) is 0 Å². The zero-order chi connectivity index (χ0) is 15.2. The van der Waals surface area contributed by atoms with Crippen molar-refractivity contribution in [1.29, 1.82) is 0 Å². The van der Waals surface area contributed by atoms with E-state index in [4.69, 9.17) is 4.63 Å². The monoisotopic (exact) mass is 324 g/mol. The second kappa shape index (κ2) is 5.04. The Morgan fingerprint density at radius 3 is 3.22 bits per heavy atom. The summed E-state index contributed by atoms with van der Waals surface area (Å²) in [6, 6.07) is 5.93. The molecule has 0 saturated heterocycles. The second-order valence-electron chi connectivity index (χ2n) is 5.49. The minimum Gasteiger partial charge on any atom is -0.261 e. The van der Waals surface area contributed by atoms with Crippen molar-refractivity contribution in [3.05, 3.63) is 41.7 Å². The number of hydrogen-bond acceptors (Lipinski definition) is 7. The molecule has 0 atom stereocenters. The van der Waals surface area contributed by atoms with Crippen LogP contribution < -0.4 is 0 Å². The Bertz CT molecular complexity index is 1010. The summed E-state index contributed by atoms with van der Waals surface area (Å²) in [5.41, 5.74) is 5.06. The van der Waals surface area contributed by atoms with E-state index in [-0.39, 0.29) is 0 Å². The van der Waals surface area contributed by atoms with Crippen LogP contribution in [0.25, 0.3) is 22.1 Å². The highest BCUT2D eigenvalue weighted by molar-refractivity contribution is 7.97. The van der Waals surface area contributed by atoms with Crippen LogP contribution in [0.15, 0.2) is 40.1 Å². The minimum atomic E-state index is 0.786. The Morgan fingerprint density at radius 1 is 1.22 bits per heavy atom. The molecule has 0 spiro atoms. The SMILES string of the molecule is c1cc(SN2CCc3c(cnc4[nH]ncc34)C2)c2nonc2c1. The lowest BCUT2D eigenvalue weighted by atomic mass is 10.0. The fourth-order valence-corrected chi connectivity index (χ4v) is 4.03. The van der Waals surface area contributed by atoms with Crippen LogP contribution in [0.1, 0.15) is 11.1 Å². The lowest BCUT2D eigenvalue weighted by molar-refractivity contribution is 0.315. The first-order valence-corrected chi connectivity index (χ1v) is 8.10. The van der Waals surface area contributed by atoms with Crippen molar-refractivity contribution < 1.29 is 4.63 Å². The highest BCUT2D eigenvalue weighted by Gasteiger charge is 2.21. The molecule has 8 heteroatoms. The standard InChI is InChI=1S/C15H12N6OS/c1-2-12-14(20-22-19-12)13(3-1)23-21-5-4-10-9(8-21)6-16-15-11(10)7-17-18-15/h1-3,6-7H,4-5,8H2,(H,16,17,18). The largest absolute Gasteiger partial charge is 0.261 e. The number of hydrogen-bond donors (Lipinski definition) is 1. The summed E-state index contributed by atoms with van der Waals surface area (Å²) in [5, 5.41) is 16.1. The van der Waals surface area contributed by atoms with Gasteiger partial charge in [-0.1, -0.05) is 6.07 Å². The Labute approximate surface area is 135 Å². The lowest BCUT2D eigenvalue weighted by Gasteiger charge is -2.27. The smallest absolute Gasteiger partial charge is 0.155 e. The van der Waals surface area contributed by atoms with Gasteiger partial charge in [-0.2, -0.15) is 5.10 Å². The minimum absolute atomic E-state index is 0.786. The summed E-state index contributed by atoms with van der Waals surface area (Å²) in [6.45, 7) is 1.80. The second-order valence-corrected chi connectivity index (χ2v) is 6.63. The highest BCUT2D eigenvalue weighted by Crippen LogP contribution is 2.33. The summed E-state index contributed by atoms with van der Waals surface area (Å²) in [4.78, 5) is 5.51. The summed E-state index contributed by atoms with van der Waals surface area (Å²) in [5.74, 6) is 0. The van der Waals surface area contributed by atoms with Crippen molar-refractivity contribution in [1.82, 2.24) is 29.8 Å². The molecule has 0 fully saturated rings. The maximum atomic E-state index is 4.84. The van der Waals surface area contributed by atoms with Crippen LogP contribution in [0.4, 0.5) is 0 Å². The topological polar surface area (TPSA) is 83.7 Å². The van der Waals surface area contributed by atoms with Crippen molar-refractivity contribution in [2.75, 3.05) is 6.54 Å². The van der Waals surface area contributed by atoms with E-state index in [0.29, 0.717) is 0 Å². The molecule has 0 bridgehead atoms. The van der Waals surface area contributed by atoms with Gasteiger partial charge in [-0.05, 0) is 51.9 Å². The van der Waals surface area contributed by atoms with Gasteiger partial charge in [0.25, 0.3) is 0 Å². The number of rotatable bonds is 2. The molecule has 1 aliphatic rings. The van der Waals surface area contributed by atoms with E-state index < -0.39 is 0 Å². The van der Waals surface area contributed by atoms with E-state index in [1.165, 1.54) is 11.1 Å². The van der Waals surface area contributed by atoms with Gasteiger partial charge >= 0.3 is 0 Å². The van der Waals surface area contributed by atoms with Crippen LogP contribution in [0.5, 0.6) is 0 Å². The molecule has 3 aromatic heterocycles. The molecule has 23 heavy (non-hydrogen) atoms. The third kappa shape index (κ3) is 2.10. The van der Waals surface area contributed by atoms with Crippen LogP contribution in [-0.2, 0) is 13.0 Å². The third-order valence-electron chi connectivity index (χ3n) is 4.12. The number of benzene rings is 1. The van der Waals surface area contributed by atoms with Crippen molar-refractivity contribution in [3.8, 4) is 0 Å². The molecule has 0 amide bonds. The van der Waals surface area contributed by atoms with E-state index >= 15 is 0 Å². The lowest BCUT2D eigenvalue weighted by Crippen LogP contribution is -2.25. The number of pyridine rings is 1. The molecule has 0 radical (unpaired) electrons. The first-order chi connectivity index (χ1) is 11.4. The number of nitrogens with zero attached hydrogens (tertiary/aromatic N) is 5. The van der Waals surface area contributed by atoms with Crippen molar-refractivity contribution in [2.45, 2.75) is 17.9 Å². The Hall–Kier alpha value is -2.45. The Balaban J connectivity index is 1.46.